The summed E-state index contributed by atoms with van der Waals surface area (Å²) < 4.78 is 5.62. The van der Waals surface area contributed by atoms with Crippen LogP contribution in [0.3, 0.4) is 0 Å². The lowest BCUT2D eigenvalue weighted by Crippen LogP contribution is -2.31. The summed E-state index contributed by atoms with van der Waals surface area (Å²) in [6, 6.07) is 21.6. The van der Waals surface area contributed by atoms with E-state index in [1.54, 1.807) is 55.5 Å². The second-order valence-electron chi connectivity index (χ2n) is 7.63. The number of thioether (sulfide) groups is 1. The highest BCUT2D eigenvalue weighted by atomic mass is 35.5. The molecule has 3 N–H and O–H groups in total. The molecule has 0 fully saturated rings. The number of carbonyl (C=O) groups excluding carboxylic acids is 2. The number of amides is 2. The Morgan fingerprint density at radius 2 is 1.86 bits per heavy atom. The second-order valence-corrected chi connectivity index (χ2v) is 9.06. The Kier molecular flexibility index (Phi) is 7.60. The molecule has 2 aromatic carbocycles. The predicted molar refractivity (Wildman–Crippen MR) is 138 cm³/mol. The van der Waals surface area contributed by atoms with Gasteiger partial charge in [0.15, 0.2) is 0 Å². The van der Waals surface area contributed by atoms with Gasteiger partial charge in [0.2, 0.25) is 5.91 Å². The average molecular weight is 505 g/mol. The molecule has 0 bridgehead atoms. The van der Waals surface area contributed by atoms with Crippen molar-refractivity contribution >= 4 is 46.6 Å². The van der Waals surface area contributed by atoms with Gasteiger partial charge in [-0.15, -0.1) is 0 Å². The number of halogens is 1. The number of allylic oxidation sites excluding steroid dienone is 2. The summed E-state index contributed by atoms with van der Waals surface area (Å²) in [5, 5.41) is 19.9. The smallest absolute Gasteiger partial charge is 0.254 e. The number of benzene rings is 2. The van der Waals surface area contributed by atoms with E-state index in [2.05, 4.69) is 22.0 Å². The van der Waals surface area contributed by atoms with Crippen molar-refractivity contribution < 1.29 is 14.0 Å². The summed E-state index contributed by atoms with van der Waals surface area (Å²) in [4.78, 5) is 25.8. The third kappa shape index (κ3) is 5.77. The summed E-state index contributed by atoms with van der Waals surface area (Å²) in [5.41, 5.74) is 2.45. The molecule has 7 nitrogen and oxygen atoms in total. The van der Waals surface area contributed by atoms with E-state index in [9.17, 15) is 14.9 Å². The maximum absolute atomic E-state index is 13.3. The van der Waals surface area contributed by atoms with Gasteiger partial charge in [0.25, 0.3) is 5.91 Å². The molecule has 4 rings (SSSR count). The van der Waals surface area contributed by atoms with Crippen molar-refractivity contribution in [3.8, 4) is 6.07 Å². The van der Waals surface area contributed by atoms with Gasteiger partial charge in [-0.25, -0.2) is 0 Å². The number of hydrogen-bond donors (Lipinski definition) is 3. The van der Waals surface area contributed by atoms with Gasteiger partial charge < -0.3 is 20.4 Å². The van der Waals surface area contributed by atoms with E-state index in [0.29, 0.717) is 44.0 Å². The summed E-state index contributed by atoms with van der Waals surface area (Å²) in [5.74, 6) is -0.824. The average Bonchev–Trinajstić information content (AvgIpc) is 3.37. The number of dihydropyridines is 1. The molecule has 0 aliphatic carbocycles. The van der Waals surface area contributed by atoms with Crippen LogP contribution in [0.5, 0.6) is 0 Å². The largest absolute Gasteiger partial charge is 0.468 e. The van der Waals surface area contributed by atoms with Gasteiger partial charge in [-0.3, -0.25) is 9.59 Å². The molecule has 1 aliphatic rings. The number of anilines is 2. The maximum Gasteiger partial charge on any atom is 0.254 e. The number of nitrogens with one attached hydrogen (secondary N) is 3. The van der Waals surface area contributed by atoms with E-state index in [1.807, 2.05) is 18.2 Å². The summed E-state index contributed by atoms with van der Waals surface area (Å²) in [6.45, 7) is 1.76. The quantitative estimate of drug-likeness (QED) is 0.384. The number of para-hydroxylation sites is 1. The zero-order chi connectivity index (χ0) is 24.8. The minimum atomic E-state index is -0.724. The number of rotatable bonds is 7. The van der Waals surface area contributed by atoms with Crippen molar-refractivity contribution in [2.45, 2.75) is 12.8 Å². The van der Waals surface area contributed by atoms with Crippen molar-refractivity contribution in [1.29, 1.82) is 5.26 Å². The van der Waals surface area contributed by atoms with Crippen molar-refractivity contribution in [1.82, 2.24) is 5.32 Å². The van der Waals surface area contributed by atoms with E-state index >= 15 is 0 Å². The fourth-order valence-corrected chi connectivity index (χ4v) is 4.77. The molecular formula is C26H21ClN4O3S. The minimum Gasteiger partial charge on any atom is -0.468 e. The molecule has 176 valence electrons. The van der Waals surface area contributed by atoms with E-state index in [4.69, 9.17) is 16.0 Å². The van der Waals surface area contributed by atoms with Crippen LogP contribution in [0.1, 0.15) is 18.6 Å². The number of furan rings is 1. The van der Waals surface area contributed by atoms with Crippen LogP contribution in [0.4, 0.5) is 11.4 Å². The fourth-order valence-electron chi connectivity index (χ4n) is 3.69. The van der Waals surface area contributed by atoms with Crippen LogP contribution in [0.15, 0.2) is 99.3 Å². The molecule has 2 heterocycles. The second kappa shape index (κ2) is 11.0. The molecular weight excluding hydrogens is 484 g/mol. The van der Waals surface area contributed by atoms with E-state index < -0.39 is 5.92 Å². The number of hydrogen-bond acceptors (Lipinski definition) is 6. The van der Waals surface area contributed by atoms with E-state index in [-0.39, 0.29) is 17.6 Å². The monoisotopic (exact) mass is 504 g/mol. The first-order chi connectivity index (χ1) is 17.0. The Bertz CT molecular complexity index is 1340. The topological polar surface area (TPSA) is 107 Å². The van der Waals surface area contributed by atoms with Crippen LogP contribution in [-0.4, -0.2) is 17.6 Å². The van der Waals surface area contributed by atoms with Gasteiger partial charge in [-0.2, -0.15) is 5.26 Å². The van der Waals surface area contributed by atoms with Crippen molar-refractivity contribution in [2.24, 2.45) is 0 Å². The third-order valence-electron chi connectivity index (χ3n) is 5.21. The lowest BCUT2D eigenvalue weighted by molar-refractivity contribution is -0.114. The van der Waals surface area contributed by atoms with Crippen LogP contribution in [0.25, 0.3) is 0 Å². The molecule has 1 unspecified atom stereocenters. The Balaban J connectivity index is 1.58. The Morgan fingerprint density at radius 3 is 2.54 bits per heavy atom. The van der Waals surface area contributed by atoms with E-state index in [1.165, 1.54) is 18.0 Å². The lowest BCUT2D eigenvalue weighted by Gasteiger charge is -2.28. The number of nitrogens with zero attached hydrogens (tertiary/aromatic N) is 1. The summed E-state index contributed by atoms with van der Waals surface area (Å²) in [6.07, 6.45) is 1.50. The first-order valence-corrected chi connectivity index (χ1v) is 12.0. The standard InChI is InChI=1S/C26H21ClN4O3S/c1-16-23(25(33)31-18-8-3-2-4-9-18)24(21-11-6-12-34-21)20(14-28)26(29-16)35-15-22(32)30-19-10-5-7-17(27)13-19/h2-13,24,29H,15H2,1H3,(H,30,32)(H,31,33). The highest BCUT2D eigenvalue weighted by Crippen LogP contribution is 2.41. The van der Waals surface area contributed by atoms with Crippen LogP contribution in [-0.2, 0) is 9.59 Å². The van der Waals surface area contributed by atoms with Gasteiger partial charge in [-0.1, -0.05) is 47.6 Å². The van der Waals surface area contributed by atoms with Crippen molar-refractivity contribution in [2.75, 3.05) is 16.4 Å². The molecule has 0 saturated carbocycles. The zero-order valence-corrected chi connectivity index (χ0v) is 20.2. The van der Waals surface area contributed by atoms with Gasteiger partial charge in [0.05, 0.1) is 40.2 Å². The first kappa shape index (κ1) is 24.2. The Morgan fingerprint density at radius 1 is 1.09 bits per heavy atom. The van der Waals surface area contributed by atoms with Crippen molar-refractivity contribution in [3.05, 3.63) is 106 Å². The highest BCUT2D eigenvalue weighted by molar-refractivity contribution is 8.03. The van der Waals surface area contributed by atoms with Crippen LogP contribution in [0.2, 0.25) is 5.02 Å². The van der Waals surface area contributed by atoms with Crippen molar-refractivity contribution in [3.63, 3.8) is 0 Å². The van der Waals surface area contributed by atoms with Gasteiger partial charge in [0, 0.05) is 22.1 Å². The first-order valence-electron chi connectivity index (χ1n) is 10.7. The molecule has 1 atom stereocenters. The normalized spacial score (nSPS) is 15.3. The maximum atomic E-state index is 13.3. The summed E-state index contributed by atoms with van der Waals surface area (Å²) >= 11 is 7.16. The Hall–Kier alpha value is -3.93. The van der Waals surface area contributed by atoms with Gasteiger partial charge >= 0.3 is 0 Å². The molecule has 2 amide bonds. The van der Waals surface area contributed by atoms with Gasteiger partial charge in [-0.05, 0) is 49.4 Å². The molecule has 0 saturated heterocycles. The molecule has 0 radical (unpaired) electrons. The molecule has 1 aliphatic heterocycles. The highest BCUT2D eigenvalue weighted by Gasteiger charge is 2.36. The molecule has 9 heteroatoms. The SMILES string of the molecule is CC1=C(C(=O)Nc2ccccc2)C(c2ccco2)C(C#N)=C(SCC(=O)Nc2cccc(Cl)c2)N1. The van der Waals surface area contributed by atoms with E-state index in [0.717, 1.165) is 0 Å². The number of nitriles is 1. The fraction of sp³-hybridized carbons (Fsp3) is 0.115. The molecule has 35 heavy (non-hydrogen) atoms. The third-order valence-corrected chi connectivity index (χ3v) is 6.46. The predicted octanol–water partition coefficient (Wildman–Crippen LogP) is 5.64. The van der Waals surface area contributed by atoms with Crippen LogP contribution in [0, 0.1) is 11.3 Å². The summed E-state index contributed by atoms with van der Waals surface area (Å²) in [7, 11) is 0. The lowest BCUT2D eigenvalue weighted by atomic mass is 9.85. The molecule has 0 spiro atoms. The van der Waals surface area contributed by atoms with Crippen LogP contribution < -0.4 is 16.0 Å². The molecule has 1 aromatic heterocycles. The Labute approximate surface area is 211 Å². The molecule has 3 aromatic rings. The number of carbonyl (C=O) groups is 2. The van der Waals surface area contributed by atoms with Crippen LogP contribution >= 0.6 is 23.4 Å². The zero-order valence-electron chi connectivity index (χ0n) is 18.7. The van der Waals surface area contributed by atoms with Gasteiger partial charge in [0.1, 0.15) is 5.76 Å². The minimum absolute atomic E-state index is 0.0454.